The summed E-state index contributed by atoms with van der Waals surface area (Å²) >= 11 is 0. The van der Waals surface area contributed by atoms with Gasteiger partial charge in [0.2, 0.25) is 5.79 Å². The quantitative estimate of drug-likeness (QED) is 0.108. The number of benzene rings is 3. The maximum atomic E-state index is 13.9. The van der Waals surface area contributed by atoms with E-state index in [1.54, 1.807) is 18.2 Å². The number of hydrogen-bond donors (Lipinski definition) is 1. The Morgan fingerprint density at radius 1 is 0.830 bits per heavy atom. The minimum absolute atomic E-state index is 0.124. The zero-order valence-corrected chi connectivity index (χ0v) is 25.1. The van der Waals surface area contributed by atoms with Gasteiger partial charge in [-0.2, -0.15) is 26.3 Å². The van der Waals surface area contributed by atoms with Crippen LogP contribution < -0.4 is 0 Å². The number of Topliss-reactive ketones (excluding diaryl/α,β-unsaturated/α-hetero) is 2. The SMILES string of the molecule is [C-]#[N+]c1ccc(CC(=O)[C@@](C)(O)O[C@@](C)(Cn2cnc3cc(C)ccc32)C(=O)Cc2ccc([N+]#[C-])c(C(F)(F)F)c2)cc1C(F)(F)F. The Hall–Kier alpha value is -5.05. The zero-order valence-electron chi connectivity index (χ0n) is 25.1. The number of halogens is 6. The molecule has 47 heavy (non-hydrogen) atoms. The van der Waals surface area contributed by atoms with Crippen molar-refractivity contribution in [1.29, 1.82) is 0 Å². The van der Waals surface area contributed by atoms with Crippen molar-refractivity contribution in [1.82, 2.24) is 9.55 Å². The molecule has 1 N–H and O–H groups in total. The molecule has 244 valence electrons. The molecule has 1 heterocycles. The number of hydrogen-bond acceptors (Lipinski definition) is 5. The second kappa shape index (κ2) is 12.6. The highest BCUT2D eigenvalue weighted by atomic mass is 19.4. The number of carbonyl (C=O) groups excluding carboxylic acids is 2. The number of alkyl halides is 6. The molecule has 0 aliphatic heterocycles. The van der Waals surface area contributed by atoms with Crippen LogP contribution in [0.2, 0.25) is 0 Å². The smallest absolute Gasteiger partial charge is 0.360 e. The van der Waals surface area contributed by atoms with Crippen LogP contribution in [0, 0.1) is 20.1 Å². The fraction of sp³-hybridized carbons (Fsp3) is 0.303. The third-order valence-electron chi connectivity index (χ3n) is 7.48. The fourth-order valence-electron chi connectivity index (χ4n) is 5.05. The summed E-state index contributed by atoms with van der Waals surface area (Å²) in [6, 6.07) is 10.6. The summed E-state index contributed by atoms with van der Waals surface area (Å²) in [6.07, 6.45) is -9.85. The monoisotopic (exact) mass is 656 g/mol. The lowest BCUT2D eigenvalue weighted by Crippen LogP contribution is -2.53. The van der Waals surface area contributed by atoms with E-state index < -0.39 is 70.7 Å². The first-order chi connectivity index (χ1) is 21.8. The molecule has 0 spiro atoms. The maximum Gasteiger partial charge on any atom is 0.407 e. The number of fused-ring (bicyclic) bond motifs is 1. The van der Waals surface area contributed by atoms with E-state index in [4.69, 9.17) is 17.9 Å². The van der Waals surface area contributed by atoms with Crippen LogP contribution in [-0.4, -0.2) is 37.6 Å². The molecular formula is C33H26F6N4O4. The molecule has 0 saturated carbocycles. The molecule has 0 radical (unpaired) electrons. The number of carbonyl (C=O) groups is 2. The summed E-state index contributed by atoms with van der Waals surface area (Å²) in [7, 11) is 0. The molecule has 14 heteroatoms. The Bertz CT molecular complexity index is 1950. The summed E-state index contributed by atoms with van der Waals surface area (Å²) in [6.45, 7) is 17.6. The van der Waals surface area contributed by atoms with Crippen molar-refractivity contribution in [3.8, 4) is 0 Å². The summed E-state index contributed by atoms with van der Waals surface area (Å²) in [5.41, 5.74) is -4.35. The number of ether oxygens (including phenoxy) is 1. The lowest BCUT2D eigenvalue weighted by atomic mass is 9.92. The molecule has 1 aromatic heterocycles. The molecule has 0 aliphatic rings. The molecule has 4 rings (SSSR count). The van der Waals surface area contributed by atoms with Crippen molar-refractivity contribution >= 4 is 34.0 Å². The maximum absolute atomic E-state index is 13.9. The van der Waals surface area contributed by atoms with Gasteiger partial charge in [0.25, 0.3) is 0 Å². The molecule has 0 unspecified atom stereocenters. The van der Waals surface area contributed by atoms with Crippen LogP contribution in [0.25, 0.3) is 20.7 Å². The van der Waals surface area contributed by atoms with E-state index in [0.717, 1.165) is 30.7 Å². The molecule has 0 amide bonds. The van der Waals surface area contributed by atoms with Gasteiger partial charge in [-0.1, -0.05) is 42.5 Å². The summed E-state index contributed by atoms with van der Waals surface area (Å²) in [4.78, 5) is 37.2. The van der Waals surface area contributed by atoms with Crippen molar-refractivity contribution in [3.63, 3.8) is 0 Å². The first-order valence-corrected chi connectivity index (χ1v) is 13.8. The lowest BCUT2D eigenvalue weighted by molar-refractivity contribution is -0.239. The van der Waals surface area contributed by atoms with E-state index in [1.165, 1.54) is 23.9 Å². The van der Waals surface area contributed by atoms with Gasteiger partial charge in [-0.05, 0) is 49.6 Å². The van der Waals surface area contributed by atoms with Crippen LogP contribution in [-0.2, 0) is 46.1 Å². The Kier molecular flexibility index (Phi) is 9.35. The standard InChI is InChI=1S/C33H26F6N4O4/c1-19-6-11-27-26(12-19)42-18-43(27)17-30(2,28(44)15-20-7-9-24(40-4)22(13-20)32(34,35)36)47-31(3,46)29(45)16-21-8-10-25(41-5)23(14-21)33(37,38)39/h6-14,18,46H,15-17H2,1-3H3/t30-,31-/m0/s1. The number of ketones is 2. The average molecular weight is 657 g/mol. The fourth-order valence-corrected chi connectivity index (χ4v) is 5.05. The normalized spacial score (nSPS) is 14.6. The molecule has 0 fully saturated rings. The Labute approximate surface area is 264 Å². The third kappa shape index (κ3) is 7.68. The van der Waals surface area contributed by atoms with E-state index in [2.05, 4.69) is 14.7 Å². The molecule has 0 bridgehead atoms. The summed E-state index contributed by atoms with van der Waals surface area (Å²) in [5, 5.41) is 11.2. The van der Waals surface area contributed by atoms with Crippen molar-refractivity contribution < 1.29 is 45.8 Å². The zero-order chi connectivity index (χ0) is 34.9. The largest absolute Gasteiger partial charge is 0.407 e. The summed E-state index contributed by atoms with van der Waals surface area (Å²) in [5.74, 6) is -4.77. The topological polar surface area (TPSA) is 90.1 Å². The van der Waals surface area contributed by atoms with Gasteiger partial charge in [0.1, 0.15) is 5.60 Å². The van der Waals surface area contributed by atoms with Crippen molar-refractivity contribution in [2.24, 2.45) is 0 Å². The van der Waals surface area contributed by atoms with Crippen LogP contribution in [0.15, 0.2) is 60.9 Å². The van der Waals surface area contributed by atoms with Crippen molar-refractivity contribution in [2.45, 2.75) is 63.9 Å². The number of aliphatic hydroxyl groups is 1. The van der Waals surface area contributed by atoms with Gasteiger partial charge in [-0.15, -0.1) is 0 Å². The molecule has 3 aromatic carbocycles. The number of rotatable bonds is 10. The predicted molar refractivity (Wildman–Crippen MR) is 157 cm³/mol. The van der Waals surface area contributed by atoms with Crippen molar-refractivity contribution in [2.75, 3.05) is 0 Å². The van der Waals surface area contributed by atoms with E-state index >= 15 is 0 Å². The van der Waals surface area contributed by atoms with Crippen molar-refractivity contribution in [3.05, 3.63) is 112 Å². The lowest BCUT2D eigenvalue weighted by Gasteiger charge is -2.36. The molecule has 2 atom stereocenters. The van der Waals surface area contributed by atoms with E-state index in [-0.39, 0.29) is 17.7 Å². The van der Waals surface area contributed by atoms with Crippen LogP contribution >= 0.6 is 0 Å². The second-order valence-corrected chi connectivity index (χ2v) is 11.3. The summed E-state index contributed by atoms with van der Waals surface area (Å²) < 4.78 is 88.7. The van der Waals surface area contributed by atoms with Gasteiger partial charge in [-0.25, -0.2) is 14.7 Å². The van der Waals surface area contributed by atoms with Gasteiger partial charge < -0.3 is 14.4 Å². The predicted octanol–water partition coefficient (Wildman–Crippen LogP) is 7.59. The Morgan fingerprint density at radius 2 is 1.34 bits per heavy atom. The average Bonchev–Trinajstić information content (AvgIpc) is 3.36. The molecule has 0 saturated heterocycles. The number of aryl methyl sites for hydroxylation is 1. The number of nitrogens with zero attached hydrogens (tertiary/aromatic N) is 4. The van der Waals surface area contributed by atoms with Crippen LogP contribution in [0.4, 0.5) is 37.7 Å². The number of aromatic nitrogens is 2. The van der Waals surface area contributed by atoms with Gasteiger partial charge in [-0.3, -0.25) is 9.59 Å². The highest BCUT2D eigenvalue weighted by Gasteiger charge is 2.45. The Balaban J connectivity index is 1.70. The van der Waals surface area contributed by atoms with Crippen LogP contribution in [0.5, 0.6) is 0 Å². The first kappa shape index (κ1) is 34.8. The van der Waals surface area contributed by atoms with E-state index in [0.29, 0.717) is 23.2 Å². The number of imidazole rings is 1. The third-order valence-corrected chi connectivity index (χ3v) is 7.48. The molecule has 4 aromatic rings. The first-order valence-electron chi connectivity index (χ1n) is 13.8. The highest BCUT2D eigenvalue weighted by Crippen LogP contribution is 2.39. The second-order valence-electron chi connectivity index (χ2n) is 11.3. The molecule has 8 nitrogen and oxygen atoms in total. The Morgan fingerprint density at radius 3 is 1.83 bits per heavy atom. The minimum atomic E-state index is -4.89. The minimum Gasteiger partial charge on any atom is -0.360 e. The van der Waals surface area contributed by atoms with Gasteiger partial charge in [0, 0.05) is 12.8 Å². The van der Waals surface area contributed by atoms with E-state index in [1.807, 2.05) is 6.92 Å². The van der Waals surface area contributed by atoms with Crippen LogP contribution in [0.1, 0.15) is 41.7 Å². The van der Waals surface area contributed by atoms with E-state index in [9.17, 15) is 41.0 Å². The van der Waals surface area contributed by atoms with Crippen LogP contribution in [0.3, 0.4) is 0 Å². The van der Waals surface area contributed by atoms with Gasteiger partial charge in [0.15, 0.2) is 22.9 Å². The van der Waals surface area contributed by atoms with Gasteiger partial charge >= 0.3 is 12.4 Å². The molecular weight excluding hydrogens is 630 g/mol. The van der Waals surface area contributed by atoms with Gasteiger partial charge in [0.05, 0.1) is 48.2 Å². The molecule has 0 aliphatic carbocycles. The highest BCUT2D eigenvalue weighted by molar-refractivity contribution is 5.91.